The van der Waals surface area contributed by atoms with Crippen LogP contribution < -0.4 is 14.7 Å². The molecule has 3 nitrogen and oxygen atoms in total. The Balaban J connectivity index is 1.24. The van der Waals surface area contributed by atoms with E-state index < -0.39 is 13.9 Å². The van der Waals surface area contributed by atoms with Gasteiger partial charge in [-0.2, -0.15) is 0 Å². The first-order chi connectivity index (χ1) is 17.8. The second-order valence-corrected chi connectivity index (χ2v) is 17.3. The average molecular weight is 507 g/mol. The molecule has 1 heterocycles. The highest BCUT2D eigenvalue weighted by atomic mass is 28.3. The molecule has 3 aliphatic carbocycles. The van der Waals surface area contributed by atoms with E-state index in [0.717, 1.165) is 48.0 Å². The fourth-order valence-electron chi connectivity index (χ4n) is 7.68. The molecule has 0 N–H and O–H groups in total. The standard InChI is InChI=1S/C33H34O3Si/c1-32(37(2,3)24-11-5-4-6-12-24)19-17-25-23(21-32)15-16-26-31(25)27(34)18-20-33(26)35-28-13-7-9-22-10-8-14-29(36-33)30(22)28/h4-15,18,20,25-26,31H,16-17,19,21H2,1-3H3. The van der Waals surface area contributed by atoms with Gasteiger partial charge in [0.15, 0.2) is 5.78 Å². The van der Waals surface area contributed by atoms with Crippen LogP contribution in [0, 0.1) is 17.8 Å². The molecule has 3 aromatic rings. The van der Waals surface area contributed by atoms with Crippen LogP contribution in [-0.2, 0) is 4.79 Å². The summed E-state index contributed by atoms with van der Waals surface area (Å²) in [7, 11) is -1.73. The number of carbonyl (C=O) groups excluding carboxylic acids is 1. The van der Waals surface area contributed by atoms with Gasteiger partial charge in [0.05, 0.1) is 19.4 Å². The molecule has 0 radical (unpaired) electrons. The Morgan fingerprint density at radius 1 is 0.919 bits per heavy atom. The van der Waals surface area contributed by atoms with Crippen molar-refractivity contribution in [2.24, 2.45) is 17.8 Å². The SMILES string of the molecule is CC1([Si](C)(C)c2ccccc2)CCC2C(=CCC3C2C(=O)C=CC32Oc3cccc4cccc(c34)O2)C1. The van der Waals surface area contributed by atoms with Crippen LogP contribution in [0.1, 0.15) is 32.6 Å². The number of carbonyl (C=O) groups is 1. The molecule has 3 aromatic carbocycles. The summed E-state index contributed by atoms with van der Waals surface area (Å²) in [5.41, 5.74) is 1.49. The van der Waals surface area contributed by atoms with Crippen molar-refractivity contribution in [2.75, 3.05) is 0 Å². The van der Waals surface area contributed by atoms with Gasteiger partial charge in [0.1, 0.15) is 11.5 Å². The van der Waals surface area contributed by atoms with Crippen LogP contribution >= 0.6 is 0 Å². The molecule has 188 valence electrons. The molecule has 4 unspecified atom stereocenters. The van der Waals surface area contributed by atoms with Crippen LogP contribution in [0.3, 0.4) is 0 Å². The van der Waals surface area contributed by atoms with Gasteiger partial charge < -0.3 is 9.47 Å². The first kappa shape index (κ1) is 23.0. The minimum atomic E-state index is -1.73. The second-order valence-electron chi connectivity index (χ2n) is 12.3. The van der Waals surface area contributed by atoms with Crippen LogP contribution in [-0.4, -0.2) is 19.6 Å². The van der Waals surface area contributed by atoms with E-state index in [9.17, 15) is 4.79 Å². The van der Waals surface area contributed by atoms with Crippen molar-refractivity contribution < 1.29 is 14.3 Å². The predicted molar refractivity (Wildman–Crippen MR) is 151 cm³/mol. The summed E-state index contributed by atoms with van der Waals surface area (Å²) in [5, 5.41) is 3.92. The number of hydrogen-bond acceptors (Lipinski definition) is 3. The molecular formula is C33H34O3Si. The van der Waals surface area contributed by atoms with Gasteiger partial charge in [-0.15, -0.1) is 0 Å². The quantitative estimate of drug-likeness (QED) is 0.273. The van der Waals surface area contributed by atoms with Gasteiger partial charge in [-0.3, -0.25) is 4.79 Å². The van der Waals surface area contributed by atoms with Crippen LogP contribution in [0.5, 0.6) is 11.5 Å². The van der Waals surface area contributed by atoms with Crippen molar-refractivity contribution in [3.63, 3.8) is 0 Å². The van der Waals surface area contributed by atoms with E-state index in [1.807, 2.05) is 30.3 Å². The molecule has 1 spiro atoms. The Morgan fingerprint density at radius 3 is 2.32 bits per heavy atom. The van der Waals surface area contributed by atoms with E-state index in [2.05, 4.69) is 68.6 Å². The Bertz CT molecular complexity index is 1430. The number of ketones is 1. The molecular weight excluding hydrogens is 472 g/mol. The average Bonchev–Trinajstić information content (AvgIpc) is 2.91. The van der Waals surface area contributed by atoms with Crippen molar-refractivity contribution in [1.82, 2.24) is 0 Å². The zero-order valence-corrected chi connectivity index (χ0v) is 22.9. The molecule has 7 rings (SSSR count). The lowest BCUT2D eigenvalue weighted by Crippen LogP contribution is -2.59. The van der Waals surface area contributed by atoms with Gasteiger partial charge in [-0.1, -0.05) is 91.5 Å². The van der Waals surface area contributed by atoms with Gasteiger partial charge in [-0.25, -0.2) is 0 Å². The molecule has 1 aliphatic heterocycles. The lowest BCUT2D eigenvalue weighted by Gasteiger charge is -2.54. The summed E-state index contributed by atoms with van der Waals surface area (Å²) in [4.78, 5) is 13.5. The van der Waals surface area contributed by atoms with Crippen molar-refractivity contribution in [2.45, 2.75) is 56.5 Å². The third-order valence-electron chi connectivity index (χ3n) is 10.3. The number of fused-ring (bicyclic) bond motifs is 4. The fourth-order valence-corrected chi connectivity index (χ4v) is 10.8. The maximum absolute atomic E-state index is 13.5. The zero-order chi connectivity index (χ0) is 25.4. The number of ether oxygens (including phenoxy) is 2. The first-order valence-electron chi connectivity index (χ1n) is 13.7. The van der Waals surface area contributed by atoms with E-state index in [0.29, 0.717) is 0 Å². The zero-order valence-electron chi connectivity index (χ0n) is 21.9. The largest absolute Gasteiger partial charge is 0.448 e. The lowest BCUT2D eigenvalue weighted by atomic mass is 9.60. The Morgan fingerprint density at radius 2 is 1.62 bits per heavy atom. The smallest absolute Gasteiger partial charge is 0.275 e. The summed E-state index contributed by atoms with van der Waals surface area (Å²) in [5.74, 6) is 1.12. The topological polar surface area (TPSA) is 35.5 Å². The Kier molecular flexibility index (Phi) is 4.94. The third-order valence-corrected chi connectivity index (χ3v) is 15.5. The highest BCUT2D eigenvalue weighted by molar-refractivity contribution is 6.92. The highest BCUT2D eigenvalue weighted by Gasteiger charge is 2.58. The molecule has 0 bridgehead atoms. The molecule has 4 aliphatic rings. The Labute approximate surface area is 220 Å². The van der Waals surface area contributed by atoms with Gasteiger partial charge in [0.25, 0.3) is 5.79 Å². The lowest BCUT2D eigenvalue weighted by molar-refractivity contribution is -0.159. The summed E-state index contributed by atoms with van der Waals surface area (Å²) in [6.45, 7) is 7.56. The van der Waals surface area contributed by atoms with Gasteiger partial charge in [0.2, 0.25) is 0 Å². The Hall–Kier alpha value is -3.11. The van der Waals surface area contributed by atoms with Crippen molar-refractivity contribution in [3.8, 4) is 11.5 Å². The van der Waals surface area contributed by atoms with E-state index >= 15 is 0 Å². The minimum Gasteiger partial charge on any atom is -0.448 e. The van der Waals surface area contributed by atoms with Crippen LogP contribution in [0.4, 0.5) is 0 Å². The van der Waals surface area contributed by atoms with Gasteiger partial charge >= 0.3 is 0 Å². The molecule has 4 heteroatoms. The van der Waals surface area contributed by atoms with Crippen LogP contribution in [0.15, 0.2) is 90.5 Å². The molecule has 1 saturated carbocycles. The van der Waals surface area contributed by atoms with E-state index in [-0.39, 0.29) is 28.6 Å². The maximum atomic E-state index is 13.5. The van der Waals surface area contributed by atoms with Crippen molar-refractivity contribution in [1.29, 1.82) is 0 Å². The number of hydrogen-bond donors (Lipinski definition) is 0. The normalized spacial score (nSPS) is 29.6. The van der Waals surface area contributed by atoms with Crippen molar-refractivity contribution in [3.05, 3.63) is 90.5 Å². The number of allylic oxidation sites excluding steroid dienone is 3. The summed E-state index contributed by atoms with van der Waals surface area (Å²) in [6.07, 6.45) is 10.2. The molecule has 1 fully saturated rings. The molecule has 0 aromatic heterocycles. The van der Waals surface area contributed by atoms with Gasteiger partial charge in [-0.05, 0) is 60.2 Å². The van der Waals surface area contributed by atoms with E-state index in [4.69, 9.17) is 9.47 Å². The molecule has 0 saturated heterocycles. The van der Waals surface area contributed by atoms with E-state index in [1.165, 1.54) is 10.8 Å². The highest BCUT2D eigenvalue weighted by Crippen LogP contribution is 2.59. The summed E-state index contributed by atoms with van der Waals surface area (Å²) < 4.78 is 13.4. The third kappa shape index (κ3) is 3.27. The number of benzene rings is 3. The second kappa shape index (κ2) is 7.94. The monoisotopic (exact) mass is 506 g/mol. The van der Waals surface area contributed by atoms with Gasteiger partial charge in [0, 0.05) is 12.0 Å². The van der Waals surface area contributed by atoms with Crippen LogP contribution in [0.25, 0.3) is 10.8 Å². The summed E-state index contributed by atoms with van der Waals surface area (Å²) in [6, 6.07) is 23.4. The number of rotatable bonds is 2. The van der Waals surface area contributed by atoms with Crippen molar-refractivity contribution >= 4 is 29.8 Å². The van der Waals surface area contributed by atoms with Crippen LogP contribution in [0.2, 0.25) is 18.1 Å². The fraction of sp³-hybridized carbons (Fsp3) is 0.364. The van der Waals surface area contributed by atoms with E-state index in [1.54, 1.807) is 6.08 Å². The predicted octanol–water partition coefficient (Wildman–Crippen LogP) is 7.18. The summed E-state index contributed by atoms with van der Waals surface area (Å²) >= 11 is 0. The minimum absolute atomic E-state index is 0.0360. The maximum Gasteiger partial charge on any atom is 0.275 e. The first-order valence-corrected chi connectivity index (χ1v) is 16.7. The molecule has 37 heavy (non-hydrogen) atoms. The molecule has 4 atom stereocenters. The molecule has 0 amide bonds.